The van der Waals surface area contributed by atoms with E-state index in [-0.39, 0.29) is 5.56 Å². The molecule has 0 aromatic heterocycles. The van der Waals surface area contributed by atoms with Crippen molar-refractivity contribution in [3.63, 3.8) is 0 Å². The molecule has 4 heteroatoms. The molecule has 17 heavy (non-hydrogen) atoms. The number of aromatic carboxylic acids is 1. The van der Waals surface area contributed by atoms with Crippen molar-refractivity contribution in [2.75, 3.05) is 23.7 Å². The summed E-state index contributed by atoms with van der Waals surface area (Å²) < 4.78 is 0. The first-order chi connectivity index (χ1) is 8.11. The summed E-state index contributed by atoms with van der Waals surface area (Å²) in [5.74, 6) is -0.151. The molecule has 3 N–H and O–H groups in total. The molecule has 1 aromatic carbocycles. The molecule has 0 unspecified atom stereocenters. The van der Waals surface area contributed by atoms with Crippen LogP contribution in [-0.4, -0.2) is 24.2 Å². The summed E-state index contributed by atoms with van der Waals surface area (Å²) >= 11 is 0. The minimum atomic E-state index is -0.937. The highest BCUT2D eigenvalue weighted by molar-refractivity contribution is 5.90. The number of hydrogen-bond donors (Lipinski definition) is 2. The van der Waals surface area contributed by atoms with Crippen LogP contribution >= 0.6 is 0 Å². The van der Waals surface area contributed by atoms with Gasteiger partial charge in [-0.05, 0) is 43.9 Å². The standard InChI is InChI=1S/C13H18N2O2/c1-2-15(8-9-3-4-9)12-6-5-10(13(16)17)7-11(12)14/h5-7,9H,2-4,8,14H2,1H3,(H,16,17). The van der Waals surface area contributed by atoms with Gasteiger partial charge in [-0.1, -0.05) is 0 Å². The first kappa shape index (κ1) is 11.8. The van der Waals surface area contributed by atoms with Crippen LogP contribution in [0.5, 0.6) is 0 Å². The van der Waals surface area contributed by atoms with Crippen molar-refractivity contribution >= 4 is 17.3 Å². The zero-order valence-corrected chi connectivity index (χ0v) is 10.0. The molecule has 0 spiro atoms. The van der Waals surface area contributed by atoms with Crippen LogP contribution in [0, 0.1) is 5.92 Å². The maximum Gasteiger partial charge on any atom is 0.335 e. The van der Waals surface area contributed by atoms with E-state index in [0.717, 1.165) is 24.7 Å². The Morgan fingerprint density at radius 1 is 1.53 bits per heavy atom. The molecule has 0 amide bonds. The summed E-state index contributed by atoms with van der Waals surface area (Å²) in [6.07, 6.45) is 2.59. The smallest absolute Gasteiger partial charge is 0.335 e. The molecule has 0 bridgehead atoms. The molecule has 0 heterocycles. The Balaban J connectivity index is 2.20. The van der Waals surface area contributed by atoms with Gasteiger partial charge in [-0.2, -0.15) is 0 Å². The molecule has 0 atom stereocenters. The second-order valence-corrected chi connectivity index (χ2v) is 4.56. The highest BCUT2D eigenvalue weighted by atomic mass is 16.4. The Labute approximate surface area is 101 Å². The summed E-state index contributed by atoms with van der Waals surface area (Å²) in [4.78, 5) is 13.0. The van der Waals surface area contributed by atoms with Crippen LogP contribution in [0.3, 0.4) is 0 Å². The van der Waals surface area contributed by atoms with Crippen LogP contribution in [0.4, 0.5) is 11.4 Å². The second kappa shape index (κ2) is 4.65. The molecular formula is C13H18N2O2. The van der Waals surface area contributed by atoms with Gasteiger partial charge < -0.3 is 15.7 Å². The number of carboxylic acids is 1. The number of nitrogens with two attached hydrogens (primary N) is 1. The number of nitrogen functional groups attached to an aromatic ring is 1. The lowest BCUT2D eigenvalue weighted by molar-refractivity contribution is 0.0697. The van der Waals surface area contributed by atoms with Crippen LogP contribution in [0.1, 0.15) is 30.1 Å². The highest BCUT2D eigenvalue weighted by Gasteiger charge is 2.24. The van der Waals surface area contributed by atoms with Gasteiger partial charge in [-0.15, -0.1) is 0 Å². The van der Waals surface area contributed by atoms with E-state index in [1.54, 1.807) is 6.07 Å². The average Bonchev–Trinajstić information content (AvgIpc) is 3.10. The number of nitrogens with zero attached hydrogens (tertiary/aromatic N) is 1. The second-order valence-electron chi connectivity index (χ2n) is 4.56. The molecule has 0 radical (unpaired) electrons. The summed E-state index contributed by atoms with van der Waals surface area (Å²) in [6, 6.07) is 4.96. The first-order valence-corrected chi connectivity index (χ1v) is 5.99. The Kier molecular flexibility index (Phi) is 3.22. The van der Waals surface area contributed by atoms with Crippen molar-refractivity contribution in [2.45, 2.75) is 19.8 Å². The monoisotopic (exact) mass is 234 g/mol. The quantitative estimate of drug-likeness (QED) is 0.766. The maximum atomic E-state index is 10.8. The van der Waals surface area contributed by atoms with Gasteiger partial charge in [0.25, 0.3) is 0 Å². The van der Waals surface area contributed by atoms with Crippen LogP contribution in [0.2, 0.25) is 0 Å². The average molecular weight is 234 g/mol. The van der Waals surface area contributed by atoms with Crippen molar-refractivity contribution in [3.05, 3.63) is 23.8 Å². The molecule has 92 valence electrons. The number of hydrogen-bond acceptors (Lipinski definition) is 3. The zero-order valence-electron chi connectivity index (χ0n) is 10.0. The van der Waals surface area contributed by atoms with Crippen LogP contribution in [-0.2, 0) is 0 Å². The lowest BCUT2D eigenvalue weighted by atomic mass is 10.1. The third kappa shape index (κ3) is 2.70. The summed E-state index contributed by atoms with van der Waals surface area (Å²) in [5, 5.41) is 8.88. The lowest BCUT2D eigenvalue weighted by Gasteiger charge is -2.24. The Bertz CT molecular complexity index is 427. The van der Waals surface area contributed by atoms with E-state index in [9.17, 15) is 4.79 Å². The zero-order chi connectivity index (χ0) is 12.4. The Morgan fingerprint density at radius 2 is 2.24 bits per heavy atom. The van der Waals surface area contributed by atoms with E-state index < -0.39 is 5.97 Å². The van der Waals surface area contributed by atoms with Crippen LogP contribution in [0.25, 0.3) is 0 Å². The fourth-order valence-electron chi connectivity index (χ4n) is 1.99. The molecule has 0 saturated heterocycles. The van der Waals surface area contributed by atoms with E-state index in [1.165, 1.54) is 18.9 Å². The van der Waals surface area contributed by atoms with Crippen molar-refractivity contribution in [1.82, 2.24) is 0 Å². The molecule has 2 rings (SSSR count). The molecular weight excluding hydrogens is 216 g/mol. The molecule has 4 nitrogen and oxygen atoms in total. The van der Waals surface area contributed by atoms with Crippen molar-refractivity contribution < 1.29 is 9.90 Å². The fraction of sp³-hybridized carbons (Fsp3) is 0.462. The van der Waals surface area contributed by atoms with Gasteiger partial charge in [-0.3, -0.25) is 0 Å². The van der Waals surface area contributed by atoms with E-state index in [4.69, 9.17) is 10.8 Å². The maximum absolute atomic E-state index is 10.8. The fourth-order valence-corrected chi connectivity index (χ4v) is 1.99. The normalized spacial score (nSPS) is 14.6. The Morgan fingerprint density at radius 3 is 2.71 bits per heavy atom. The third-order valence-corrected chi connectivity index (χ3v) is 3.17. The number of carbonyl (C=O) groups is 1. The van der Waals surface area contributed by atoms with Gasteiger partial charge >= 0.3 is 5.97 Å². The third-order valence-electron chi connectivity index (χ3n) is 3.17. The minimum absolute atomic E-state index is 0.244. The van der Waals surface area contributed by atoms with E-state index in [1.807, 2.05) is 6.07 Å². The van der Waals surface area contributed by atoms with Gasteiger partial charge in [0.1, 0.15) is 0 Å². The van der Waals surface area contributed by atoms with Gasteiger partial charge in [0.15, 0.2) is 0 Å². The largest absolute Gasteiger partial charge is 0.478 e. The van der Waals surface area contributed by atoms with Gasteiger partial charge in [-0.25, -0.2) is 4.79 Å². The molecule has 1 aliphatic carbocycles. The van der Waals surface area contributed by atoms with Gasteiger partial charge in [0.2, 0.25) is 0 Å². The predicted octanol–water partition coefficient (Wildman–Crippen LogP) is 2.20. The highest BCUT2D eigenvalue weighted by Crippen LogP contribution is 2.33. The summed E-state index contributed by atoms with van der Waals surface area (Å²) in [7, 11) is 0. The first-order valence-electron chi connectivity index (χ1n) is 5.99. The van der Waals surface area contributed by atoms with Crippen molar-refractivity contribution in [3.8, 4) is 0 Å². The van der Waals surface area contributed by atoms with E-state index in [0.29, 0.717) is 5.69 Å². The van der Waals surface area contributed by atoms with Gasteiger partial charge in [0, 0.05) is 13.1 Å². The number of carboxylic acid groups (broad SMARTS) is 1. The molecule has 1 fully saturated rings. The van der Waals surface area contributed by atoms with Crippen LogP contribution < -0.4 is 10.6 Å². The number of rotatable bonds is 5. The predicted molar refractivity (Wildman–Crippen MR) is 68.4 cm³/mol. The van der Waals surface area contributed by atoms with Crippen LogP contribution in [0.15, 0.2) is 18.2 Å². The van der Waals surface area contributed by atoms with Crippen molar-refractivity contribution in [2.24, 2.45) is 5.92 Å². The minimum Gasteiger partial charge on any atom is -0.478 e. The SMILES string of the molecule is CCN(CC1CC1)c1ccc(C(=O)O)cc1N. The summed E-state index contributed by atoms with van der Waals surface area (Å²) in [6.45, 7) is 4.01. The summed E-state index contributed by atoms with van der Waals surface area (Å²) in [5.41, 5.74) is 7.67. The molecule has 1 aromatic rings. The number of benzene rings is 1. The van der Waals surface area contributed by atoms with Crippen molar-refractivity contribution in [1.29, 1.82) is 0 Å². The topological polar surface area (TPSA) is 66.6 Å². The van der Waals surface area contributed by atoms with E-state index in [2.05, 4.69) is 11.8 Å². The Hall–Kier alpha value is -1.71. The number of anilines is 2. The molecule has 1 saturated carbocycles. The van der Waals surface area contributed by atoms with E-state index >= 15 is 0 Å². The lowest BCUT2D eigenvalue weighted by Crippen LogP contribution is -2.26. The molecule has 1 aliphatic rings. The van der Waals surface area contributed by atoms with Gasteiger partial charge in [0.05, 0.1) is 16.9 Å². The molecule has 0 aliphatic heterocycles.